The number of amides is 1. The first-order valence-corrected chi connectivity index (χ1v) is 7.55. The van der Waals surface area contributed by atoms with Crippen molar-refractivity contribution in [1.82, 2.24) is 5.32 Å². The minimum absolute atomic E-state index is 0.150. The van der Waals surface area contributed by atoms with Crippen molar-refractivity contribution in [3.05, 3.63) is 34.3 Å². The van der Waals surface area contributed by atoms with Gasteiger partial charge >= 0.3 is 5.97 Å². The summed E-state index contributed by atoms with van der Waals surface area (Å²) >= 11 is 3.35. The first-order valence-electron chi connectivity index (χ1n) is 6.76. The van der Waals surface area contributed by atoms with Crippen molar-refractivity contribution in [3.8, 4) is 0 Å². The smallest absolute Gasteiger partial charge is 0.326 e. The van der Waals surface area contributed by atoms with Crippen LogP contribution >= 0.6 is 15.9 Å². The Morgan fingerprint density at radius 3 is 2.43 bits per heavy atom. The van der Waals surface area contributed by atoms with E-state index in [1.807, 2.05) is 26.0 Å². The van der Waals surface area contributed by atoms with Gasteiger partial charge in [-0.25, -0.2) is 4.79 Å². The molecule has 3 N–H and O–H groups in total. The number of halogens is 1. The van der Waals surface area contributed by atoms with Crippen LogP contribution in [0, 0.1) is 5.92 Å². The highest BCUT2D eigenvalue weighted by atomic mass is 79.9. The molecule has 0 heterocycles. The van der Waals surface area contributed by atoms with E-state index in [4.69, 9.17) is 0 Å². The fourth-order valence-corrected chi connectivity index (χ4v) is 2.35. The van der Waals surface area contributed by atoms with E-state index >= 15 is 0 Å². The molecule has 1 amide bonds. The fourth-order valence-electron chi connectivity index (χ4n) is 1.91. The SMILES string of the molecule is CC(C)C[C@@H](O)C(=O)N[C@H](Cc1ccccc1Br)C(=O)O. The maximum Gasteiger partial charge on any atom is 0.326 e. The summed E-state index contributed by atoms with van der Waals surface area (Å²) in [4.78, 5) is 23.1. The topological polar surface area (TPSA) is 86.6 Å². The van der Waals surface area contributed by atoms with Crippen LogP contribution in [-0.2, 0) is 16.0 Å². The van der Waals surface area contributed by atoms with Crippen molar-refractivity contribution >= 4 is 27.8 Å². The van der Waals surface area contributed by atoms with Crippen molar-refractivity contribution < 1.29 is 19.8 Å². The summed E-state index contributed by atoms with van der Waals surface area (Å²) in [5.74, 6) is -1.63. The molecule has 0 aliphatic rings. The van der Waals surface area contributed by atoms with Crippen molar-refractivity contribution in [2.24, 2.45) is 5.92 Å². The van der Waals surface area contributed by atoms with Crippen molar-refractivity contribution in [2.45, 2.75) is 38.8 Å². The number of hydrogen-bond acceptors (Lipinski definition) is 3. The highest BCUT2D eigenvalue weighted by Gasteiger charge is 2.25. The van der Waals surface area contributed by atoms with Crippen LogP contribution in [0.15, 0.2) is 28.7 Å². The van der Waals surface area contributed by atoms with Crippen LogP contribution in [-0.4, -0.2) is 34.2 Å². The lowest BCUT2D eigenvalue weighted by molar-refractivity contribution is -0.143. The standard InChI is InChI=1S/C15H20BrNO4/c1-9(2)7-13(18)14(19)17-12(15(20)21)8-10-5-3-4-6-11(10)16/h3-6,9,12-13,18H,7-8H2,1-2H3,(H,17,19)(H,20,21)/t12-,13-/m1/s1. The molecule has 0 spiro atoms. The molecule has 0 saturated heterocycles. The summed E-state index contributed by atoms with van der Waals surface area (Å²) in [5, 5.41) is 21.3. The molecule has 0 saturated carbocycles. The highest BCUT2D eigenvalue weighted by molar-refractivity contribution is 9.10. The lowest BCUT2D eigenvalue weighted by Gasteiger charge is -2.18. The molecule has 0 fully saturated rings. The Labute approximate surface area is 132 Å². The minimum Gasteiger partial charge on any atom is -0.480 e. The van der Waals surface area contributed by atoms with Gasteiger partial charge in [0.25, 0.3) is 0 Å². The Hall–Kier alpha value is -1.40. The van der Waals surface area contributed by atoms with Gasteiger partial charge in [-0.15, -0.1) is 0 Å². The number of nitrogens with one attached hydrogen (secondary N) is 1. The Kier molecular flexibility index (Phi) is 6.84. The maximum atomic E-state index is 11.8. The second kappa shape index (κ2) is 8.14. The van der Waals surface area contributed by atoms with Crippen LogP contribution in [0.5, 0.6) is 0 Å². The lowest BCUT2D eigenvalue weighted by atomic mass is 10.0. The van der Waals surface area contributed by atoms with Gasteiger partial charge in [-0.1, -0.05) is 48.0 Å². The molecule has 2 atom stereocenters. The number of benzene rings is 1. The second-order valence-corrected chi connectivity index (χ2v) is 6.19. The van der Waals surface area contributed by atoms with Crippen LogP contribution in [0.25, 0.3) is 0 Å². The van der Waals surface area contributed by atoms with Gasteiger partial charge in [-0.05, 0) is 24.0 Å². The summed E-state index contributed by atoms with van der Waals surface area (Å²) in [6, 6.07) is 6.15. The van der Waals surface area contributed by atoms with Gasteiger partial charge in [-0.2, -0.15) is 0 Å². The van der Waals surface area contributed by atoms with Gasteiger partial charge in [0.05, 0.1) is 0 Å². The average Bonchev–Trinajstić information content (AvgIpc) is 2.39. The van der Waals surface area contributed by atoms with Crippen LogP contribution in [0.2, 0.25) is 0 Å². The largest absolute Gasteiger partial charge is 0.480 e. The molecule has 0 radical (unpaired) electrons. The van der Waals surface area contributed by atoms with Gasteiger partial charge in [0.1, 0.15) is 12.1 Å². The first-order chi connectivity index (χ1) is 9.81. The van der Waals surface area contributed by atoms with Crippen molar-refractivity contribution in [3.63, 3.8) is 0 Å². The van der Waals surface area contributed by atoms with Gasteiger partial charge in [-0.3, -0.25) is 4.79 Å². The lowest BCUT2D eigenvalue weighted by Crippen LogP contribution is -2.47. The number of aliphatic hydroxyl groups excluding tert-OH is 1. The quantitative estimate of drug-likeness (QED) is 0.696. The predicted octanol–water partition coefficient (Wildman–Crippen LogP) is 1.97. The molecular formula is C15H20BrNO4. The molecule has 1 rings (SSSR count). The molecule has 5 nitrogen and oxygen atoms in total. The third-order valence-corrected chi connectivity index (χ3v) is 3.77. The maximum absolute atomic E-state index is 11.8. The third kappa shape index (κ3) is 5.85. The zero-order valence-electron chi connectivity index (χ0n) is 12.0. The van der Waals surface area contributed by atoms with E-state index in [1.165, 1.54) is 0 Å². The molecule has 0 aromatic heterocycles. The normalized spacial score (nSPS) is 13.8. The number of carbonyl (C=O) groups excluding carboxylic acids is 1. The van der Waals surface area contributed by atoms with Gasteiger partial charge < -0.3 is 15.5 Å². The molecule has 6 heteroatoms. The molecule has 1 aromatic carbocycles. The number of carboxylic acids is 1. The highest BCUT2D eigenvalue weighted by Crippen LogP contribution is 2.17. The Bertz CT molecular complexity index is 504. The number of hydrogen-bond donors (Lipinski definition) is 3. The van der Waals surface area contributed by atoms with Crippen LogP contribution < -0.4 is 5.32 Å². The zero-order chi connectivity index (χ0) is 16.0. The van der Waals surface area contributed by atoms with Crippen molar-refractivity contribution in [1.29, 1.82) is 0 Å². The Morgan fingerprint density at radius 1 is 1.29 bits per heavy atom. The minimum atomic E-state index is -1.19. The average molecular weight is 358 g/mol. The molecule has 21 heavy (non-hydrogen) atoms. The summed E-state index contributed by atoms with van der Waals surface area (Å²) in [7, 11) is 0. The van der Waals surface area contributed by atoms with Crippen molar-refractivity contribution in [2.75, 3.05) is 0 Å². The zero-order valence-corrected chi connectivity index (χ0v) is 13.6. The van der Waals surface area contributed by atoms with E-state index in [0.717, 1.165) is 10.0 Å². The summed E-state index contributed by atoms with van der Waals surface area (Å²) in [6.45, 7) is 3.76. The fraction of sp³-hybridized carbons (Fsp3) is 0.467. The summed E-state index contributed by atoms with van der Waals surface area (Å²) in [6.07, 6.45) is -0.740. The molecule has 0 unspecified atom stereocenters. The second-order valence-electron chi connectivity index (χ2n) is 5.34. The van der Waals surface area contributed by atoms with E-state index in [-0.39, 0.29) is 12.3 Å². The van der Waals surface area contributed by atoms with E-state index in [9.17, 15) is 19.8 Å². The monoisotopic (exact) mass is 357 g/mol. The molecular weight excluding hydrogens is 338 g/mol. The number of aliphatic hydroxyl groups is 1. The van der Waals surface area contributed by atoms with E-state index in [0.29, 0.717) is 6.42 Å². The van der Waals surface area contributed by atoms with Gasteiger partial charge in [0.15, 0.2) is 0 Å². The number of carbonyl (C=O) groups is 2. The number of aliphatic carboxylic acids is 1. The Balaban J connectivity index is 2.73. The van der Waals surface area contributed by atoms with E-state index in [2.05, 4.69) is 21.2 Å². The number of rotatable bonds is 7. The van der Waals surface area contributed by atoms with E-state index < -0.39 is 24.0 Å². The predicted molar refractivity (Wildman–Crippen MR) is 82.9 cm³/mol. The van der Waals surface area contributed by atoms with Gasteiger partial charge in [0.2, 0.25) is 5.91 Å². The first kappa shape index (κ1) is 17.7. The summed E-state index contributed by atoms with van der Waals surface area (Å²) < 4.78 is 0.785. The molecule has 0 bridgehead atoms. The Morgan fingerprint density at radius 2 is 1.90 bits per heavy atom. The van der Waals surface area contributed by atoms with Crippen LogP contribution in [0.1, 0.15) is 25.8 Å². The molecule has 0 aliphatic heterocycles. The molecule has 116 valence electrons. The number of carboxylic acid groups (broad SMARTS) is 1. The molecule has 0 aliphatic carbocycles. The summed E-state index contributed by atoms with van der Waals surface area (Å²) in [5.41, 5.74) is 0.781. The third-order valence-electron chi connectivity index (χ3n) is 2.99. The van der Waals surface area contributed by atoms with Crippen LogP contribution in [0.4, 0.5) is 0 Å². The molecule has 1 aromatic rings. The van der Waals surface area contributed by atoms with Crippen LogP contribution in [0.3, 0.4) is 0 Å². The van der Waals surface area contributed by atoms with E-state index in [1.54, 1.807) is 12.1 Å². The van der Waals surface area contributed by atoms with Gasteiger partial charge in [0, 0.05) is 10.9 Å².